The summed E-state index contributed by atoms with van der Waals surface area (Å²) in [6, 6.07) is 0.529. The number of rotatable bonds is 5. The van der Waals surface area contributed by atoms with Crippen molar-refractivity contribution in [2.24, 2.45) is 0 Å². The van der Waals surface area contributed by atoms with E-state index in [1.807, 2.05) is 18.8 Å². The molecule has 2 atom stereocenters. The molecule has 0 spiro atoms. The highest BCUT2D eigenvalue weighted by atomic mass is 32.2. The molecule has 2 unspecified atom stereocenters. The van der Waals surface area contributed by atoms with Crippen LogP contribution in [0.25, 0.3) is 0 Å². The van der Waals surface area contributed by atoms with Crippen LogP contribution < -0.4 is 10.6 Å². The lowest BCUT2D eigenvalue weighted by Gasteiger charge is -2.32. The summed E-state index contributed by atoms with van der Waals surface area (Å²) >= 11 is 1.98. The molecule has 1 aliphatic carbocycles. The molecular weight excluding hydrogens is 268 g/mol. The second-order valence-electron chi connectivity index (χ2n) is 5.38. The van der Waals surface area contributed by atoms with Crippen LogP contribution in [0.5, 0.6) is 0 Å². The summed E-state index contributed by atoms with van der Waals surface area (Å²) in [5, 5.41) is 7.56. The number of anilines is 2. The first kappa shape index (κ1) is 15.4. The summed E-state index contributed by atoms with van der Waals surface area (Å²) in [4.78, 5) is 9.23. The molecule has 0 bridgehead atoms. The van der Waals surface area contributed by atoms with Crippen LogP contribution in [-0.4, -0.2) is 34.6 Å². The summed E-state index contributed by atoms with van der Waals surface area (Å²) in [5.41, 5.74) is 1.12. The van der Waals surface area contributed by atoms with Crippen molar-refractivity contribution in [2.75, 3.05) is 23.9 Å². The fraction of sp³-hybridized carbons (Fsp3) is 0.733. The first-order valence-electron chi connectivity index (χ1n) is 7.54. The highest BCUT2D eigenvalue weighted by Gasteiger charge is 2.25. The molecule has 2 N–H and O–H groups in total. The first-order chi connectivity index (χ1) is 9.69. The van der Waals surface area contributed by atoms with Gasteiger partial charge in [0.05, 0.1) is 0 Å². The van der Waals surface area contributed by atoms with E-state index in [0.29, 0.717) is 11.3 Å². The van der Waals surface area contributed by atoms with Crippen molar-refractivity contribution in [1.82, 2.24) is 9.97 Å². The lowest BCUT2D eigenvalue weighted by molar-refractivity contribution is 0.474. The zero-order valence-electron chi connectivity index (χ0n) is 13.0. The lowest BCUT2D eigenvalue weighted by atomic mass is 9.94. The Morgan fingerprint density at radius 2 is 1.90 bits per heavy atom. The number of aromatic nitrogens is 2. The van der Waals surface area contributed by atoms with Gasteiger partial charge in [0.2, 0.25) is 0 Å². The van der Waals surface area contributed by atoms with Crippen molar-refractivity contribution in [1.29, 1.82) is 0 Å². The van der Waals surface area contributed by atoms with Crippen LogP contribution >= 0.6 is 11.8 Å². The lowest BCUT2D eigenvalue weighted by Crippen LogP contribution is -2.35. The molecule has 0 aliphatic heterocycles. The molecule has 20 heavy (non-hydrogen) atoms. The molecule has 1 heterocycles. The molecule has 5 heteroatoms. The maximum atomic E-state index is 4.69. The van der Waals surface area contributed by atoms with Crippen molar-refractivity contribution < 1.29 is 0 Å². The molecular formula is C15H26N4S. The molecule has 1 aliphatic rings. The van der Waals surface area contributed by atoms with Crippen LogP contribution in [0.1, 0.15) is 44.0 Å². The van der Waals surface area contributed by atoms with E-state index in [2.05, 4.69) is 35.7 Å². The Labute approximate surface area is 126 Å². The van der Waals surface area contributed by atoms with Gasteiger partial charge >= 0.3 is 0 Å². The Kier molecular flexibility index (Phi) is 5.52. The molecule has 0 aromatic carbocycles. The molecule has 0 amide bonds. The predicted octanol–water partition coefficient (Wildman–Crippen LogP) is 3.48. The zero-order valence-corrected chi connectivity index (χ0v) is 13.8. The van der Waals surface area contributed by atoms with Gasteiger partial charge in [0.1, 0.15) is 17.5 Å². The van der Waals surface area contributed by atoms with Gasteiger partial charge in [-0.2, -0.15) is 11.8 Å². The van der Waals surface area contributed by atoms with E-state index in [1.165, 1.54) is 25.7 Å². The quantitative estimate of drug-likeness (QED) is 0.871. The highest BCUT2D eigenvalue weighted by molar-refractivity contribution is 7.99. The van der Waals surface area contributed by atoms with E-state index in [9.17, 15) is 0 Å². The number of hydrogen-bond donors (Lipinski definition) is 2. The van der Waals surface area contributed by atoms with Gasteiger partial charge in [0.25, 0.3) is 0 Å². The Balaban J connectivity index is 2.23. The molecule has 0 saturated heterocycles. The topological polar surface area (TPSA) is 49.8 Å². The minimum absolute atomic E-state index is 0.529. The molecule has 4 nitrogen and oxygen atoms in total. The second kappa shape index (κ2) is 7.16. The van der Waals surface area contributed by atoms with Crippen molar-refractivity contribution in [3.63, 3.8) is 0 Å². The summed E-state index contributed by atoms with van der Waals surface area (Å²) in [6.45, 7) is 4.18. The molecule has 1 fully saturated rings. The number of hydrogen-bond acceptors (Lipinski definition) is 5. The van der Waals surface area contributed by atoms with Crippen molar-refractivity contribution in [3.05, 3.63) is 11.4 Å². The van der Waals surface area contributed by atoms with Crippen molar-refractivity contribution >= 4 is 23.4 Å². The number of nitrogens with one attached hydrogen (secondary N) is 2. The third-order valence-corrected chi connectivity index (χ3v) is 5.24. The molecule has 1 saturated carbocycles. The standard InChI is InChI=1S/C15H26N4S/c1-5-13-18-14(16-3)10(2)15(19-13)17-11-8-6-7-9-12(11)20-4/h11-12H,5-9H2,1-4H3,(H2,16,17,18,19). The highest BCUT2D eigenvalue weighted by Crippen LogP contribution is 2.30. The van der Waals surface area contributed by atoms with Crippen LogP contribution in [0.15, 0.2) is 0 Å². The van der Waals surface area contributed by atoms with E-state index in [4.69, 9.17) is 4.98 Å². The average Bonchev–Trinajstić information content (AvgIpc) is 2.49. The number of thioether (sulfide) groups is 1. The monoisotopic (exact) mass is 294 g/mol. The maximum absolute atomic E-state index is 4.69. The summed E-state index contributed by atoms with van der Waals surface area (Å²) in [6.07, 6.45) is 8.30. The number of nitrogens with zero attached hydrogens (tertiary/aromatic N) is 2. The second-order valence-corrected chi connectivity index (χ2v) is 6.45. The van der Waals surface area contributed by atoms with Gasteiger partial charge in [0.15, 0.2) is 0 Å². The Bertz CT molecular complexity index is 450. The summed E-state index contributed by atoms with van der Waals surface area (Å²) < 4.78 is 0. The Hall–Kier alpha value is -0.970. The van der Waals surface area contributed by atoms with Crippen molar-refractivity contribution in [2.45, 2.75) is 57.2 Å². The van der Waals surface area contributed by atoms with Crippen molar-refractivity contribution in [3.8, 4) is 0 Å². The third-order valence-electron chi connectivity index (χ3n) is 4.07. The average molecular weight is 294 g/mol. The first-order valence-corrected chi connectivity index (χ1v) is 8.83. The summed E-state index contributed by atoms with van der Waals surface area (Å²) in [7, 11) is 1.92. The zero-order chi connectivity index (χ0) is 14.5. The Morgan fingerprint density at radius 1 is 1.20 bits per heavy atom. The fourth-order valence-corrected chi connectivity index (χ4v) is 3.76. The van der Waals surface area contributed by atoms with Crippen LogP contribution in [0.2, 0.25) is 0 Å². The van der Waals surface area contributed by atoms with Gasteiger partial charge in [0, 0.05) is 30.3 Å². The SMILES string of the molecule is CCc1nc(NC)c(C)c(NC2CCCCC2SC)n1. The van der Waals surface area contributed by atoms with E-state index in [0.717, 1.165) is 29.4 Å². The smallest absolute Gasteiger partial charge is 0.135 e. The Morgan fingerprint density at radius 3 is 2.55 bits per heavy atom. The van der Waals surface area contributed by atoms with E-state index >= 15 is 0 Å². The molecule has 112 valence electrons. The summed E-state index contributed by atoms with van der Waals surface area (Å²) in [5.74, 6) is 2.85. The van der Waals surface area contributed by atoms with Crippen LogP contribution in [-0.2, 0) is 6.42 Å². The van der Waals surface area contributed by atoms with E-state index in [-0.39, 0.29) is 0 Å². The normalized spacial score (nSPS) is 22.6. The minimum atomic E-state index is 0.529. The number of aryl methyl sites for hydroxylation is 1. The van der Waals surface area contributed by atoms with Gasteiger partial charge in [-0.05, 0) is 26.0 Å². The van der Waals surface area contributed by atoms with Crippen LogP contribution in [0, 0.1) is 6.92 Å². The van der Waals surface area contributed by atoms with E-state index in [1.54, 1.807) is 0 Å². The maximum Gasteiger partial charge on any atom is 0.135 e. The van der Waals surface area contributed by atoms with Gasteiger partial charge in [-0.3, -0.25) is 0 Å². The fourth-order valence-electron chi connectivity index (χ4n) is 2.82. The molecule has 2 rings (SSSR count). The molecule has 0 radical (unpaired) electrons. The van der Waals surface area contributed by atoms with Gasteiger partial charge in [-0.1, -0.05) is 19.8 Å². The minimum Gasteiger partial charge on any atom is -0.373 e. The van der Waals surface area contributed by atoms with Gasteiger partial charge in [-0.15, -0.1) is 0 Å². The van der Waals surface area contributed by atoms with Crippen LogP contribution in [0.3, 0.4) is 0 Å². The predicted molar refractivity (Wildman–Crippen MR) is 88.9 cm³/mol. The molecule has 1 aromatic heterocycles. The third kappa shape index (κ3) is 3.37. The van der Waals surface area contributed by atoms with Gasteiger partial charge < -0.3 is 10.6 Å². The van der Waals surface area contributed by atoms with E-state index < -0.39 is 0 Å². The molecule has 1 aromatic rings. The van der Waals surface area contributed by atoms with Gasteiger partial charge in [-0.25, -0.2) is 9.97 Å². The largest absolute Gasteiger partial charge is 0.373 e. The van der Waals surface area contributed by atoms with Crippen LogP contribution in [0.4, 0.5) is 11.6 Å².